The molecule has 11 aromatic rings. The maximum absolute atomic E-state index is 5.31. The highest BCUT2D eigenvalue weighted by Gasteiger charge is 2.30. The molecule has 12 rings (SSSR count). The molecule has 1 aliphatic carbocycles. The number of aromatic nitrogens is 4. The molecule has 55 heavy (non-hydrogen) atoms. The van der Waals surface area contributed by atoms with Gasteiger partial charge in [-0.1, -0.05) is 146 Å². The largest absolute Gasteiger partial charge is 0.309 e. The Morgan fingerprint density at radius 2 is 0.945 bits per heavy atom. The second-order valence-corrected chi connectivity index (χ2v) is 14.4. The first-order chi connectivity index (χ1) is 27.3. The number of fused-ring (bicyclic) bond motifs is 8. The van der Waals surface area contributed by atoms with E-state index in [0.29, 0.717) is 17.5 Å². The normalized spacial score (nSPS) is 12.0. The standard InChI is InChI=1S/C51H30N4/c1-2-13-33(14-3-1)49-52-50(37-25-24-31-12-4-5-15-34(31)28-37)54-51(53-49)41-26-27-44(48-40-22-11-19-32-18-10-21-39(46(32)40)47(41)48)55-43-23-9-8-20-38(43)42-29-35-16-6-7-17-36(35)30-45(42)55/h1-30H. The molecule has 4 heteroatoms. The summed E-state index contributed by atoms with van der Waals surface area (Å²) in [6, 6.07) is 65.0. The highest BCUT2D eigenvalue weighted by molar-refractivity contribution is 6.21. The van der Waals surface area contributed by atoms with Crippen LogP contribution in [0.3, 0.4) is 0 Å². The van der Waals surface area contributed by atoms with Crippen LogP contribution in [0.4, 0.5) is 0 Å². The van der Waals surface area contributed by atoms with Crippen molar-refractivity contribution in [2.45, 2.75) is 0 Å². The van der Waals surface area contributed by atoms with E-state index < -0.39 is 0 Å². The topological polar surface area (TPSA) is 43.6 Å². The minimum atomic E-state index is 0.648. The van der Waals surface area contributed by atoms with Crippen molar-refractivity contribution in [3.05, 3.63) is 182 Å². The lowest BCUT2D eigenvalue weighted by atomic mass is 9.95. The van der Waals surface area contributed by atoms with Crippen LogP contribution in [-0.2, 0) is 0 Å². The highest BCUT2D eigenvalue weighted by Crippen LogP contribution is 2.54. The zero-order valence-corrected chi connectivity index (χ0v) is 29.6. The average Bonchev–Trinajstić information content (AvgIpc) is 3.76. The van der Waals surface area contributed by atoms with Crippen LogP contribution in [-0.4, -0.2) is 19.5 Å². The van der Waals surface area contributed by atoms with Gasteiger partial charge >= 0.3 is 0 Å². The third-order valence-electron chi connectivity index (χ3n) is 11.3. The monoisotopic (exact) mass is 698 g/mol. The molecule has 0 unspecified atom stereocenters. The molecule has 0 radical (unpaired) electrons. The molecule has 254 valence electrons. The predicted molar refractivity (Wildman–Crippen MR) is 227 cm³/mol. The first kappa shape index (κ1) is 30.1. The molecule has 0 aliphatic heterocycles. The minimum absolute atomic E-state index is 0.648. The fraction of sp³-hybridized carbons (Fsp3) is 0. The van der Waals surface area contributed by atoms with Crippen LogP contribution in [0.15, 0.2) is 182 Å². The van der Waals surface area contributed by atoms with Crippen LogP contribution < -0.4 is 0 Å². The Morgan fingerprint density at radius 3 is 1.75 bits per heavy atom. The fourth-order valence-electron chi connectivity index (χ4n) is 8.86. The first-order valence-electron chi connectivity index (χ1n) is 18.7. The molecule has 2 aromatic heterocycles. The van der Waals surface area contributed by atoms with Crippen LogP contribution in [0.1, 0.15) is 0 Å². The number of nitrogens with zero attached hydrogens (tertiary/aromatic N) is 4. The second kappa shape index (κ2) is 11.5. The van der Waals surface area contributed by atoms with Crippen molar-refractivity contribution in [3.63, 3.8) is 0 Å². The van der Waals surface area contributed by atoms with Crippen molar-refractivity contribution in [2.24, 2.45) is 0 Å². The Kier molecular flexibility index (Phi) is 6.31. The van der Waals surface area contributed by atoms with E-state index in [1.54, 1.807) is 0 Å². The van der Waals surface area contributed by atoms with E-state index in [1.165, 1.54) is 65.4 Å². The number of hydrogen-bond donors (Lipinski definition) is 0. The minimum Gasteiger partial charge on any atom is -0.309 e. The summed E-state index contributed by atoms with van der Waals surface area (Å²) in [4.78, 5) is 15.7. The van der Waals surface area contributed by atoms with Gasteiger partial charge in [-0.25, -0.2) is 15.0 Å². The summed E-state index contributed by atoms with van der Waals surface area (Å²) in [5.74, 6) is 1.95. The number of rotatable bonds is 4. The van der Waals surface area contributed by atoms with Gasteiger partial charge in [0.2, 0.25) is 0 Å². The van der Waals surface area contributed by atoms with Crippen LogP contribution in [0.5, 0.6) is 0 Å². The molecule has 2 heterocycles. The van der Waals surface area contributed by atoms with Gasteiger partial charge in [-0.3, -0.25) is 0 Å². The van der Waals surface area contributed by atoms with Crippen LogP contribution in [0.25, 0.3) is 116 Å². The van der Waals surface area contributed by atoms with E-state index >= 15 is 0 Å². The molecule has 0 bridgehead atoms. The van der Waals surface area contributed by atoms with Crippen molar-refractivity contribution in [1.82, 2.24) is 19.5 Å². The SMILES string of the molecule is c1ccc(-c2nc(-c3ccc4ccccc4c3)nc(-c3ccc(-n4c5ccccc5c5cc6ccccc6cc54)c4c3-c3cccc5cccc-4c35)n2)cc1. The van der Waals surface area contributed by atoms with Crippen molar-refractivity contribution in [1.29, 1.82) is 0 Å². The quantitative estimate of drug-likeness (QED) is 0.184. The summed E-state index contributed by atoms with van der Waals surface area (Å²) < 4.78 is 2.47. The van der Waals surface area contributed by atoms with Crippen molar-refractivity contribution in [2.75, 3.05) is 0 Å². The number of benzene rings is 9. The highest BCUT2D eigenvalue weighted by atomic mass is 15.0. The molecular formula is C51H30N4. The van der Waals surface area contributed by atoms with Gasteiger partial charge in [0.1, 0.15) is 0 Å². The van der Waals surface area contributed by atoms with Gasteiger partial charge in [0.05, 0.1) is 16.7 Å². The molecule has 0 atom stereocenters. The number of hydrogen-bond acceptors (Lipinski definition) is 3. The van der Waals surface area contributed by atoms with Gasteiger partial charge in [0.15, 0.2) is 17.5 Å². The molecule has 0 N–H and O–H groups in total. The lowest BCUT2D eigenvalue weighted by Crippen LogP contribution is -2.03. The fourth-order valence-corrected chi connectivity index (χ4v) is 8.86. The molecule has 0 spiro atoms. The Bertz CT molecular complexity index is 3370. The average molecular weight is 699 g/mol. The lowest BCUT2D eigenvalue weighted by Gasteiger charge is -2.18. The molecular weight excluding hydrogens is 669 g/mol. The van der Waals surface area contributed by atoms with Gasteiger partial charge in [0.25, 0.3) is 0 Å². The van der Waals surface area contributed by atoms with E-state index in [2.05, 4.69) is 168 Å². The first-order valence-corrected chi connectivity index (χ1v) is 18.7. The summed E-state index contributed by atoms with van der Waals surface area (Å²) in [5.41, 5.74) is 11.1. The second-order valence-electron chi connectivity index (χ2n) is 14.4. The van der Waals surface area contributed by atoms with Gasteiger partial charge in [0, 0.05) is 38.6 Å². The van der Waals surface area contributed by atoms with Crippen molar-refractivity contribution < 1.29 is 0 Å². The van der Waals surface area contributed by atoms with Crippen molar-refractivity contribution >= 4 is 54.1 Å². The Balaban J connectivity index is 1.18. The maximum Gasteiger partial charge on any atom is 0.164 e. The Labute approximate surface area is 316 Å². The lowest BCUT2D eigenvalue weighted by molar-refractivity contribution is 1.07. The van der Waals surface area contributed by atoms with Gasteiger partial charge in [-0.15, -0.1) is 0 Å². The molecule has 0 amide bonds. The Hall–Kier alpha value is -7.43. The zero-order chi connectivity index (χ0) is 36.0. The molecule has 0 fully saturated rings. The zero-order valence-electron chi connectivity index (χ0n) is 29.6. The summed E-state index contributed by atoms with van der Waals surface area (Å²) >= 11 is 0. The van der Waals surface area contributed by atoms with Crippen molar-refractivity contribution in [3.8, 4) is 62.1 Å². The molecule has 1 aliphatic rings. The number of para-hydroxylation sites is 1. The van der Waals surface area contributed by atoms with Gasteiger partial charge < -0.3 is 4.57 Å². The summed E-state index contributed by atoms with van der Waals surface area (Å²) in [7, 11) is 0. The van der Waals surface area contributed by atoms with E-state index in [4.69, 9.17) is 15.0 Å². The van der Waals surface area contributed by atoms with E-state index in [0.717, 1.165) is 33.3 Å². The Morgan fingerprint density at radius 1 is 0.327 bits per heavy atom. The third kappa shape index (κ3) is 4.49. The predicted octanol–water partition coefficient (Wildman–Crippen LogP) is 13.1. The molecule has 0 saturated carbocycles. The van der Waals surface area contributed by atoms with Gasteiger partial charge in [-0.05, 0) is 79.8 Å². The van der Waals surface area contributed by atoms with E-state index in [-0.39, 0.29) is 0 Å². The van der Waals surface area contributed by atoms with Crippen LogP contribution in [0.2, 0.25) is 0 Å². The van der Waals surface area contributed by atoms with E-state index in [1.807, 2.05) is 18.2 Å². The molecule has 9 aromatic carbocycles. The molecule has 0 saturated heterocycles. The molecule has 4 nitrogen and oxygen atoms in total. The summed E-state index contributed by atoms with van der Waals surface area (Å²) in [6.07, 6.45) is 0. The van der Waals surface area contributed by atoms with E-state index in [9.17, 15) is 0 Å². The summed E-state index contributed by atoms with van der Waals surface area (Å²) in [5, 5.41) is 9.74. The van der Waals surface area contributed by atoms with Crippen LogP contribution in [0, 0.1) is 0 Å². The third-order valence-corrected chi connectivity index (χ3v) is 11.3. The van der Waals surface area contributed by atoms with Crippen LogP contribution >= 0.6 is 0 Å². The van der Waals surface area contributed by atoms with Gasteiger partial charge in [-0.2, -0.15) is 0 Å². The smallest absolute Gasteiger partial charge is 0.164 e. The maximum atomic E-state index is 5.31. The summed E-state index contributed by atoms with van der Waals surface area (Å²) in [6.45, 7) is 0.